The van der Waals surface area contributed by atoms with Crippen LogP contribution in [0.15, 0.2) is 0 Å². The molecule has 1 unspecified atom stereocenters. The van der Waals surface area contributed by atoms with Gasteiger partial charge in [0.05, 0.1) is 0 Å². The van der Waals surface area contributed by atoms with E-state index in [0.717, 1.165) is 0 Å². The number of halogens is 6. The summed E-state index contributed by atoms with van der Waals surface area (Å²) >= 11 is 4.25. The van der Waals surface area contributed by atoms with Gasteiger partial charge in [0.25, 0.3) is 12.2 Å². The summed E-state index contributed by atoms with van der Waals surface area (Å²) in [4.78, 5) is 0. The van der Waals surface area contributed by atoms with Gasteiger partial charge in [0.1, 0.15) is 0 Å². The van der Waals surface area contributed by atoms with Crippen molar-refractivity contribution >= 4 is 11.6 Å². The summed E-state index contributed by atoms with van der Waals surface area (Å²) in [6, 6.07) is 0. The number of rotatable bonds is 2. The Labute approximate surface area is 57.7 Å². The van der Waals surface area contributed by atoms with Crippen molar-refractivity contribution in [1.29, 1.82) is 0 Å². The van der Waals surface area contributed by atoms with Crippen LogP contribution in [0.2, 0.25) is 0 Å². The van der Waals surface area contributed by atoms with Crippen LogP contribution in [0, 0.1) is 0 Å². The van der Waals surface area contributed by atoms with Crippen LogP contribution in [0.1, 0.15) is 0 Å². The monoisotopic (exact) mass is 184 g/mol. The summed E-state index contributed by atoms with van der Waals surface area (Å²) in [7, 11) is 0. The van der Waals surface area contributed by atoms with E-state index in [4.69, 9.17) is 0 Å². The minimum absolute atomic E-state index is 2.78. The van der Waals surface area contributed by atoms with Gasteiger partial charge in [-0.25, -0.2) is 4.39 Å². The lowest BCUT2D eigenvalue weighted by Gasteiger charge is -2.11. The Morgan fingerprint density at radius 3 is 1.70 bits per heavy atom. The molecule has 62 valence electrons. The van der Waals surface area contributed by atoms with Gasteiger partial charge in [0.15, 0.2) is 0 Å². The molecule has 0 bridgehead atoms. The van der Waals surface area contributed by atoms with E-state index in [0.29, 0.717) is 0 Å². The molecule has 0 rings (SSSR count). The summed E-state index contributed by atoms with van der Waals surface area (Å²) in [6.45, 7) is 0. The average molecular weight is 184 g/mol. The molecule has 0 aliphatic heterocycles. The highest BCUT2D eigenvalue weighted by Crippen LogP contribution is 2.25. The van der Waals surface area contributed by atoms with Gasteiger partial charge in [-0.3, -0.25) is 4.74 Å². The molecule has 10 heavy (non-hydrogen) atoms. The third-order valence-electron chi connectivity index (χ3n) is 0.480. The quantitative estimate of drug-likeness (QED) is 0.473. The highest BCUT2D eigenvalue weighted by atomic mass is 35.5. The van der Waals surface area contributed by atoms with E-state index in [1.165, 1.54) is 0 Å². The molecule has 0 aliphatic carbocycles. The molecular formula is C3H2ClF5O. The summed E-state index contributed by atoms with van der Waals surface area (Å²) in [6.07, 6.45) is -8.89. The molecule has 1 nitrogen and oxygen atoms in total. The van der Waals surface area contributed by atoms with Crippen LogP contribution in [0.3, 0.4) is 0 Å². The molecule has 0 aromatic carbocycles. The second-order valence-electron chi connectivity index (χ2n) is 1.25. The van der Waals surface area contributed by atoms with E-state index in [9.17, 15) is 22.0 Å². The molecular weight excluding hydrogens is 182 g/mol. The van der Waals surface area contributed by atoms with Crippen LogP contribution < -0.4 is 0 Å². The highest BCUT2D eigenvalue weighted by Gasteiger charge is 2.42. The molecule has 0 saturated carbocycles. The maximum absolute atomic E-state index is 11.5. The lowest BCUT2D eigenvalue weighted by Crippen LogP contribution is -2.28. The number of hydrogen-bond donors (Lipinski definition) is 0. The summed E-state index contributed by atoms with van der Waals surface area (Å²) in [5.41, 5.74) is 0. The van der Waals surface area contributed by atoms with Gasteiger partial charge in [-0.15, -0.1) is 0 Å². The Hall–Kier alpha value is -0.100. The van der Waals surface area contributed by atoms with E-state index in [-0.39, 0.29) is 0 Å². The predicted molar refractivity (Wildman–Crippen MR) is 22.8 cm³/mol. The molecule has 0 radical (unpaired) electrons. The van der Waals surface area contributed by atoms with Crippen LogP contribution in [0.4, 0.5) is 22.0 Å². The van der Waals surface area contributed by atoms with Crippen molar-refractivity contribution in [2.24, 2.45) is 0 Å². The third-order valence-corrected chi connectivity index (χ3v) is 0.583. The van der Waals surface area contributed by atoms with E-state index in [1.54, 1.807) is 0 Å². The molecule has 0 aliphatic rings. The van der Waals surface area contributed by atoms with Gasteiger partial charge in [0.2, 0.25) is 0 Å². The van der Waals surface area contributed by atoms with Crippen LogP contribution >= 0.6 is 11.6 Å². The van der Waals surface area contributed by atoms with Crippen LogP contribution in [-0.4, -0.2) is 18.4 Å². The van der Waals surface area contributed by atoms with Gasteiger partial charge >= 0.3 is 6.18 Å². The Bertz CT molecular complexity index is 102. The van der Waals surface area contributed by atoms with Gasteiger partial charge in [-0.05, 0) is 0 Å². The Balaban J connectivity index is 3.73. The Morgan fingerprint density at radius 2 is 1.60 bits per heavy atom. The van der Waals surface area contributed by atoms with Gasteiger partial charge < -0.3 is 0 Å². The fourth-order valence-electron chi connectivity index (χ4n) is 0.167. The first kappa shape index (κ1) is 9.90. The van der Waals surface area contributed by atoms with Crippen molar-refractivity contribution in [2.45, 2.75) is 18.4 Å². The van der Waals surface area contributed by atoms with E-state index < -0.39 is 18.4 Å². The lowest BCUT2D eigenvalue weighted by molar-refractivity contribution is -0.279. The maximum atomic E-state index is 11.5. The van der Waals surface area contributed by atoms with Gasteiger partial charge in [-0.2, -0.15) is 17.6 Å². The van der Waals surface area contributed by atoms with Crippen molar-refractivity contribution in [1.82, 2.24) is 0 Å². The summed E-state index contributed by atoms with van der Waals surface area (Å²) in [5, 5.41) is 0. The molecule has 0 N–H and O–H groups in total. The van der Waals surface area contributed by atoms with Gasteiger partial charge in [0, 0.05) is 0 Å². The predicted octanol–water partition coefficient (Wildman–Crippen LogP) is 2.35. The zero-order chi connectivity index (χ0) is 8.36. The van der Waals surface area contributed by atoms with E-state index in [1.807, 2.05) is 0 Å². The van der Waals surface area contributed by atoms with Gasteiger partial charge in [-0.1, -0.05) is 11.6 Å². The smallest absolute Gasteiger partial charge is 0.293 e. The largest absolute Gasteiger partial charge is 0.445 e. The first-order valence-electron chi connectivity index (χ1n) is 1.98. The molecule has 0 spiro atoms. The SMILES string of the molecule is FC(Cl)O[C@H](F)C(F)(F)F. The molecule has 0 heterocycles. The maximum Gasteiger partial charge on any atom is 0.445 e. The molecule has 0 amide bonds. The minimum Gasteiger partial charge on any atom is -0.293 e. The normalized spacial score (nSPS) is 18.6. The number of alkyl halides is 6. The number of hydrogen-bond acceptors (Lipinski definition) is 1. The summed E-state index contributed by atoms with van der Waals surface area (Å²) in [5.74, 6) is -2.78. The second-order valence-corrected chi connectivity index (χ2v) is 1.60. The van der Waals surface area contributed by atoms with Crippen molar-refractivity contribution in [2.75, 3.05) is 0 Å². The first-order valence-corrected chi connectivity index (χ1v) is 2.42. The fraction of sp³-hybridized carbons (Fsp3) is 1.00. The molecule has 7 heteroatoms. The fourth-order valence-corrected chi connectivity index (χ4v) is 0.258. The zero-order valence-electron chi connectivity index (χ0n) is 4.33. The molecule has 0 aromatic heterocycles. The molecule has 2 atom stereocenters. The Kier molecular flexibility index (Phi) is 3.30. The third kappa shape index (κ3) is 3.84. The number of ether oxygens (including phenoxy) is 1. The van der Waals surface area contributed by atoms with Crippen LogP contribution in [-0.2, 0) is 4.74 Å². The van der Waals surface area contributed by atoms with Crippen molar-refractivity contribution in [3.05, 3.63) is 0 Å². The second kappa shape index (κ2) is 3.34. The first-order chi connectivity index (χ1) is 4.34. The molecule has 0 saturated heterocycles. The molecule has 0 fully saturated rings. The van der Waals surface area contributed by atoms with Crippen LogP contribution in [0.5, 0.6) is 0 Å². The van der Waals surface area contributed by atoms with Crippen LogP contribution in [0.25, 0.3) is 0 Å². The lowest BCUT2D eigenvalue weighted by atomic mass is 10.7. The average Bonchev–Trinajstić information content (AvgIpc) is 1.60. The zero-order valence-corrected chi connectivity index (χ0v) is 5.09. The van der Waals surface area contributed by atoms with E-state index >= 15 is 0 Å². The van der Waals surface area contributed by atoms with E-state index in [2.05, 4.69) is 16.3 Å². The molecule has 0 aromatic rings. The topological polar surface area (TPSA) is 9.23 Å². The summed E-state index contributed by atoms with van der Waals surface area (Å²) < 4.78 is 58.9. The Morgan fingerprint density at radius 1 is 1.20 bits per heavy atom. The van der Waals surface area contributed by atoms with Crippen molar-refractivity contribution < 1.29 is 26.7 Å². The van der Waals surface area contributed by atoms with Crippen molar-refractivity contribution in [3.63, 3.8) is 0 Å². The highest BCUT2D eigenvalue weighted by molar-refractivity contribution is 6.18. The minimum atomic E-state index is -5.22. The van der Waals surface area contributed by atoms with Crippen molar-refractivity contribution in [3.8, 4) is 0 Å². The standard InChI is InChI=1S/C3H2ClF5O/c4-2(6)10-1(5)3(7,8)9/h1-2H/t1-,2?/m0/s1.